The van der Waals surface area contributed by atoms with E-state index in [1.165, 1.54) is 12.1 Å². The largest absolute Gasteiger partial charge is 0.352 e. The maximum absolute atomic E-state index is 12.2. The third kappa shape index (κ3) is 6.93. The van der Waals surface area contributed by atoms with Crippen molar-refractivity contribution in [1.29, 1.82) is 0 Å². The van der Waals surface area contributed by atoms with Gasteiger partial charge in [0.1, 0.15) is 0 Å². The number of benzene rings is 1. The van der Waals surface area contributed by atoms with Gasteiger partial charge in [0.05, 0.1) is 4.90 Å². The lowest BCUT2D eigenvalue weighted by molar-refractivity contribution is 0.0944. The molecule has 1 saturated heterocycles. The summed E-state index contributed by atoms with van der Waals surface area (Å²) in [6.45, 7) is 7.96. The lowest BCUT2D eigenvalue weighted by Crippen LogP contribution is -2.40. The molecule has 8 heteroatoms. The lowest BCUT2D eigenvalue weighted by atomic mass is 10.00. The molecule has 0 spiro atoms. The summed E-state index contributed by atoms with van der Waals surface area (Å²) in [5.74, 6) is 0.284. The second-order valence-corrected chi connectivity index (χ2v) is 8.98. The van der Waals surface area contributed by atoms with Crippen LogP contribution in [0.15, 0.2) is 29.2 Å². The Morgan fingerprint density at radius 3 is 2.40 bits per heavy atom. The van der Waals surface area contributed by atoms with Gasteiger partial charge in [-0.2, -0.15) is 0 Å². The fourth-order valence-corrected chi connectivity index (χ4v) is 4.10. The van der Waals surface area contributed by atoms with Gasteiger partial charge < -0.3 is 10.6 Å². The van der Waals surface area contributed by atoms with E-state index in [2.05, 4.69) is 15.4 Å². The van der Waals surface area contributed by atoms with Crippen LogP contribution in [0.1, 0.15) is 44.0 Å². The molecular weight excluding hydrogens is 362 g/mol. The molecule has 0 aliphatic carbocycles. The SMILES string of the molecule is CC(C)(C)NS(=O)(=O)c1ccc(C(=O)NCC2CCCNC2)cc1.Cl. The summed E-state index contributed by atoms with van der Waals surface area (Å²) in [5.41, 5.74) is -0.0865. The summed E-state index contributed by atoms with van der Waals surface area (Å²) in [5, 5.41) is 6.24. The summed E-state index contributed by atoms with van der Waals surface area (Å²) >= 11 is 0. The molecule has 1 aliphatic heterocycles. The van der Waals surface area contributed by atoms with E-state index in [0.29, 0.717) is 18.0 Å². The predicted octanol–water partition coefficient (Wildman–Crippen LogP) is 1.91. The minimum absolute atomic E-state index is 0. The number of amides is 1. The Morgan fingerprint density at radius 1 is 1.24 bits per heavy atom. The van der Waals surface area contributed by atoms with Crippen molar-refractivity contribution in [3.8, 4) is 0 Å². The third-order valence-electron chi connectivity index (χ3n) is 3.82. The fourth-order valence-electron chi connectivity index (χ4n) is 2.68. The van der Waals surface area contributed by atoms with Crippen LogP contribution in [0.5, 0.6) is 0 Å². The molecule has 25 heavy (non-hydrogen) atoms. The molecule has 1 atom stereocenters. The zero-order valence-electron chi connectivity index (χ0n) is 15.0. The van der Waals surface area contributed by atoms with E-state index in [4.69, 9.17) is 0 Å². The van der Waals surface area contributed by atoms with Gasteiger partial charge in [-0.05, 0) is 76.9 Å². The highest BCUT2D eigenvalue weighted by Crippen LogP contribution is 2.14. The number of hydrogen-bond donors (Lipinski definition) is 3. The first-order chi connectivity index (χ1) is 11.2. The van der Waals surface area contributed by atoms with Crippen molar-refractivity contribution < 1.29 is 13.2 Å². The molecule has 0 radical (unpaired) electrons. The average molecular weight is 390 g/mol. The normalized spacial score (nSPS) is 18.3. The summed E-state index contributed by atoms with van der Waals surface area (Å²) in [4.78, 5) is 12.3. The van der Waals surface area contributed by atoms with Crippen molar-refractivity contribution in [2.45, 2.75) is 44.0 Å². The monoisotopic (exact) mass is 389 g/mol. The number of rotatable bonds is 5. The van der Waals surface area contributed by atoms with E-state index < -0.39 is 15.6 Å². The molecular formula is C17H28ClN3O3S. The Balaban J connectivity index is 0.00000312. The highest BCUT2D eigenvalue weighted by atomic mass is 35.5. The standard InChI is InChI=1S/C17H27N3O3S.ClH/c1-17(2,3)20-24(22,23)15-8-6-14(7-9-15)16(21)19-12-13-5-4-10-18-11-13;/h6-9,13,18,20H,4-5,10-12H2,1-3H3,(H,19,21);1H. The molecule has 142 valence electrons. The maximum Gasteiger partial charge on any atom is 0.251 e. The number of halogens is 1. The van der Waals surface area contributed by atoms with E-state index in [-0.39, 0.29) is 23.2 Å². The first kappa shape index (κ1) is 21.9. The molecule has 1 heterocycles. The van der Waals surface area contributed by atoms with Crippen LogP contribution in [-0.2, 0) is 10.0 Å². The molecule has 1 amide bonds. The highest BCUT2D eigenvalue weighted by Gasteiger charge is 2.22. The minimum Gasteiger partial charge on any atom is -0.352 e. The Kier molecular flexibility index (Phi) is 7.87. The zero-order valence-corrected chi connectivity index (χ0v) is 16.6. The average Bonchev–Trinajstić information content (AvgIpc) is 2.51. The van der Waals surface area contributed by atoms with Crippen LogP contribution in [0, 0.1) is 5.92 Å². The Hall–Kier alpha value is -1.15. The van der Waals surface area contributed by atoms with Crippen LogP contribution in [-0.4, -0.2) is 39.5 Å². The quantitative estimate of drug-likeness (QED) is 0.717. The van der Waals surface area contributed by atoms with Crippen LogP contribution >= 0.6 is 12.4 Å². The Bertz CT molecular complexity index is 663. The van der Waals surface area contributed by atoms with Crippen LogP contribution in [0.4, 0.5) is 0 Å². The van der Waals surface area contributed by atoms with Gasteiger partial charge in [-0.15, -0.1) is 12.4 Å². The van der Waals surface area contributed by atoms with E-state index in [1.807, 2.05) is 0 Å². The summed E-state index contributed by atoms with van der Waals surface area (Å²) in [6.07, 6.45) is 2.25. The Labute approximate surface area is 156 Å². The van der Waals surface area contributed by atoms with Gasteiger partial charge in [0.15, 0.2) is 0 Å². The first-order valence-corrected chi connectivity index (χ1v) is 9.79. The van der Waals surface area contributed by atoms with Crippen molar-refractivity contribution in [2.24, 2.45) is 5.92 Å². The van der Waals surface area contributed by atoms with Gasteiger partial charge in [0.25, 0.3) is 5.91 Å². The lowest BCUT2D eigenvalue weighted by Gasteiger charge is -2.23. The molecule has 3 N–H and O–H groups in total. The molecule has 1 unspecified atom stereocenters. The van der Waals surface area contributed by atoms with Crippen molar-refractivity contribution in [3.05, 3.63) is 29.8 Å². The maximum atomic E-state index is 12.2. The molecule has 0 saturated carbocycles. The molecule has 0 bridgehead atoms. The van der Waals surface area contributed by atoms with E-state index in [9.17, 15) is 13.2 Å². The van der Waals surface area contributed by atoms with Crippen molar-refractivity contribution in [2.75, 3.05) is 19.6 Å². The smallest absolute Gasteiger partial charge is 0.251 e. The first-order valence-electron chi connectivity index (χ1n) is 8.30. The van der Waals surface area contributed by atoms with Gasteiger partial charge >= 0.3 is 0 Å². The van der Waals surface area contributed by atoms with Gasteiger partial charge in [-0.25, -0.2) is 13.1 Å². The zero-order chi connectivity index (χ0) is 17.8. The number of sulfonamides is 1. The van der Waals surface area contributed by atoms with Gasteiger partial charge in [-0.3, -0.25) is 4.79 Å². The van der Waals surface area contributed by atoms with Gasteiger partial charge in [0.2, 0.25) is 10.0 Å². The van der Waals surface area contributed by atoms with Crippen molar-refractivity contribution in [3.63, 3.8) is 0 Å². The summed E-state index contributed by atoms with van der Waals surface area (Å²) in [6, 6.07) is 6.02. The van der Waals surface area contributed by atoms with Gasteiger partial charge in [-0.1, -0.05) is 0 Å². The number of nitrogens with one attached hydrogen (secondary N) is 3. The minimum atomic E-state index is -3.58. The van der Waals surface area contributed by atoms with Gasteiger partial charge in [0, 0.05) is 17.6 Å². The molecule has 1 aromatic carbocycles. The van der Waals surface area contributed by atoms with E-state index >= 15 is 0 Å². The molecule has 1 aliphatic rings. The number of piperidine rings is 1. The Morgan fingerprint density at radius 2 is 1.88 bits per heavy atom. The third-order valence-corrected chi connectivity index (χ3v) is 5.59. The number of carbonyl (C=O) groups is 1. The van der Waals surface area contributed by atoms with Crippen LogP contribution < -0.4 is 15.4 Å². The van der Waals surface area contributed by atoms with Crippen LogP contribution in [0.2, 0.25) is 0 Å². The molecule has 0 aromatic heterocycles. The van der Waals surface area contributed by atoms with Crippen molar-refractivity contribution >= 4 is 28.3 Å². The number of carbonyl (C=O) groups excluding carboxylic acids is 1. The molecule has 1 aromatic rings. The second-order valence-electron chi connectivity index (χ2n) is 7.30. The van der Waals surface area contributed by atoms with E-state index in [1.54, 1.807) is 32.9 Å². The van der Waals surface area contributed by atoms with Crippen LogP contribution in [0.3, 0.4) is 0 Å². The van der Waals surface area contributed by atoms with Crippen molar-refractivity contribution in [1.82, 2.24) is 15.4 Å². The summed E-state index contributed by atoms with van der Waals surface area (Å²) < 4.78 is 27.1. The topological polar surface area (TPSA) is 87.3 Å². The summed E-state index contributed by atoms with van der Waals surface area (Å²) in [7, 11) is -3.58. The van der Waals surface area contributed by atoms with Crippen LogP contribution in [0.25, 0.3) is 0 Å². The molecule has 6 nitrogen and oxygen atoms in total. The van der Waals surface area contributed by atoms with E-state index in [0.717, 1.165) is 25.9 Å². The molecule has 1 fully saturated rings. The highest BCUT2D eigenvalue weighted by molar-refractivity contribution is 7.89. The molecule has 2 rings (SSSR count). The second kappa shape index (κ2) is 8.98. The predicted molar refractivity (Wildman–Crippen MR) is 102 cm³/mol. The number of hydrogen-bond acceptors (Lipinski definition) is 4. The fraction of sp³-hybridized carbons (Fsp3) is 0.588.